The summed E-state index contributed by atoms with van der Waals surface area (Å²) >= 11 is 1.59. The average molecular weight is 245 g/mol. The highest BCUT2D eigenvalue weighted by molar-refractivity contribution is 8.00. The zero-order chi connectivity index (χ0) is 11.8. The fourth-order valence-electron chi connectivity index (χ4n) is 2.25. The average Bonchev–Trinajstić information content (AvgIpc) is 2.63. The minimum Gasteiger partial charge on any atom is -0.478 e. The molecule has 1 saturated carbocycles. The summed E-state index contributed by atoms with van der Waals surface area (Å²) in [5, 5.41) is 12.0. The molecule has 1 heterocycles. The molecule has 90 valence electrons. The summed E-state index contributed by atoms with van der Waals surface area (Å²) in [4.78, 5) is 22.3. The van der Waals surface area contributed by atoms with Gasteiger partial charge in [0.25, 0.3) is 0 Å². The third-order valence-corrected chi connectivity index (χ3v) is 4.51. The Morgan fingerprint density at radius 1 is 1.50 bits per heavy atom. The molecule has 1 amide bonds. The van der Waals surface area contributed by atoms with E-state index in [2.05, 4.69) is 5.32 Å². The number of carbonyl (C=O) groups is 2. The first-order valence-corrected chi connectivity index (χ1v) is 6.40. The van der Waals surface area contributed by atoms with Gasteiger partial charge < -0.3 is 15.2 Å². The minimum atomic E-state index is -1.53. The molecule has 0 spiro atoms. The molecule has 16 heavy (non-hydrogen) atoms. The van der Waals surface area contributed by atoms with Crippen molar-refractivity contribution in [2.75, 3.05) is 5.75 Å². The van der Waals surface area contributed by atoms with Crippen molar-refractivity contribution in [2.45, 2.75) is 43.3 Å². The number of rotatable bonds is 2. The molecule has 2 N–H and O–H groups in total. The molecule has 2 rings (SSSR count). The number of carboxylic acids is 1. The normalized spacial score (nSPS) is 37.8. The lowest BCUT2D eigenvalue weighted by Crippen LogP contribution is -2.62. The van der Waals surface area contributed by atoms with Gasteiger partial charge in [0.2, 0.25) is 11.6 Å². The Balaban J connectivity index is 2.14. The van der Waals surface area contributed by atoms with Crippen LogP contribution in [0.1, 0.15) is 26.2 Å². The van der Waals surface area contributed by atoms with E-state index in [0.29, 0.717) is 5.25 Å². The molecule has 0 radical (unpaired) electrons. The highest BCUT2D eigenvalue weighted by Gasteiger charge is 2.50. The third-order valence-electron chi connectivity index (χ3n) is 2.97. The van der Waals surface area contributed by atoms with Crippen molar-refractivity contribution < 1.29 is 19.4 Å². The van der Waals surface area contributed by atoms with Crippen LogP contribution in [0.3, 0.4) is 0 Å². The van der Waals surface area contributed by atoms with Gasteiger partial charge in [-0.3, -0.25) is 4.79 Å². The Hall–Kier alpha value is -0.750. The number of carbonyl (C=O) groups excluding carboxylic acids is 1. The zero-order valence-electron chi connectivity index (χ0n) is 9.06. The SMILES string of the molecule is CC(=O)N[C@@]1(C(=O)O)CS[C@@H]2CCC[C@H]2O1. The molecule has 0 aromatic heterocycles. The maximum absolute atomic E-state index is 11.2. The van der Waals surface area contributed by atoms with Gasteiger partial charge in [-0.05, 0) is 19.3 Å². The Morgan fingerprint density at radius 2 is 2.25 bits per heavy atom. The van der Waals surface area contributed by atoms with Crippen LogP contribution in [-0.2, 0) is 14.3 Å². The molecule has 0 unspecified atom stereocenters. The van der Waals surface area contributed by atoms with Crippen molar-refractivity contribution in [3.05, 3.63) is 0 Å². The second-order valence-corrected chi connectivity index (χ2v) is 5.48. The Morgan fingerprint density at radius 3 is 2.88 bits per heavy atom. The summed E-state index contributed by atoms with van der Waals surface area (Å²) < 4.78 is 5.62. The van der Waals surface area contributed by atoms with Crippen LogP contribution in [-0.4, -0.2) is 39.8 Å². The van der Waals surface area contributed by atoms with Crippen LogP contribution in [0.15, 0.2) is 0 Å². The van der Waals surface area contributed by atoms with Gasteiger partial charge in [0, 0.05) is 12.2 Å². The van der Waals surface area contributed by atoms with Crippen LogP contribution >= 0.6 is 11.8 Å². The standard InChI is InChI=1S/C10H15NO4S/c1-6(12)11-10(9(13)14)5-16-8-4-2-3-7(8)15-10/h7-8H,2-5H2,1H3,(H,11,12)(H,13,14)/t7-,8-,10+/m1/s1. The first-order chi connectivity index (χ1) is 7.53. The number of fused-ring (bicyclic) bond motifs is 1. The van der Waals surface area contributed by atoms with E-state index in [0.717, 1.165) is 19.3 Å². The minimum absolute atomic E-state index is 0.0401. The zero-order valence-corrected chi connectivity index (χ0v) is 9.88. The number of carboxylic acid groups (broad SMARTS) is 1. The number of hydrogen-bond acceptors (Lipinski definition) is 4. The van der Waals surface area contributed by atoms with E-state index >= 15 is 0 Å². The second kappa shape index (κ2) is 4.25. The van der Waals surface area contributed by atoms with E-state index in [9.17, 15) is 14.7 Å². The summed E-state index contributed by atoms with van der Waals surface area (Å²) in [6.07, 6.45) is 2.98. The second-order valence-electron chi connectivity index (χ2n) is 4.25. The fraction of sp³-hybridized carbons (Fsp3) is 0.800. The molecule has 5 nitrogen and oxygen atoms in total. The monoisotopic (exact) mass is 245 g/mol. The van der Waals surface area contributed by atoms with Gasteiger partial charge in [-0.1, -0.05) is 0 Å². The number of hydrogen-bond donors (Lipinski definition) is 2. The van der Waals surface area contributed by atoms with Crippen molar-refractivity contribution in [2.24, 2.45) is 0 Å². The van der Waals surface area contributed by atoms with E-state index in [1.54, 1.807) is 11.8 Å². The summed E-state index contributed by atoms with van der Waals surface area (Å²) in [5.74, 6) is -1.21. The molecule has 6 heteroatoms. The topological polar surface area (TPSA) is 75.6 Å². The van der Waals surface area contributed by atoms with Crippen molar-refractivity contribution in [1.29, 1.82) is 0 Å². The molecule has 1 aliphatic heterocycles. The lowest BCUT2D eigenvalue weighted by molar-refractivity contribution is -0.179. The lowest BCUT2D eigenvalue weighted by Gasteiger charge is -2.39. The molecule has 0 bridgehead atoms. The molecule has 0 aromatic carbocycles. The number of aliphatic carboxylic acids is 1. The largest absolute Gasteiger partial charge is 0.478 e. The van der Waals surface area contributed by atoms with Gasteiger partial charge in [0.15, 0.2) is 0 Å². The first-order valence-electron chi connectivity index (χ1n) is 5.35. The van der Waals surface area contributed by atoms with E-state index in [-0.39, 0.29) is 17.8 Å². The highest BCUT2D eigenvalue weighted by atomic mass is 32.2. The Labute approximate surface area is 97.9 Å². The molecule has 0 aromatic rings. The molecule has 2 aliphatic rings. The van der Waals surface area contributed by atoms with Gasteiger partial charge in [0.1, 0.15) is 0 Å². The number of ether oxygens (including phenoxy) is 1. The van der Waals surface area contributed by atoms with Gasteiger partial charge in [-0.25, -0.2) is 4.79 Å². The molecular weight excluding hydrogens is 230 g/mol. The highest BCUT2D eigenvalue weighted by Crippen LogP contribution is 2.40. The molecule has 1 saturated heterocycles. The summed E-state index contributed by atoms with van der Waals surface area (Å²) in [5.41, 5.74) is -1.53. The van der Waals surface area contributed by atoms with E-state index in [4.69, 9.17) is 4.74 Å². The third kappa shape index (κ3) is 2.04. The van der Waals surface area contributed by atoms with Crippen LogP contribution < -0.4 is 5.32 Å². The number of amides is 1. The van der Waals surface area contributed by atoms with Crippen LogP contribution in [0.2, 0.25) is 0 Å². The quantitative estimate of drug-likeness (QED) is 0.744. The Bertz CT molecular complexity index is 322. The van der Waals surface area contributed by atoms with Gasteiger partial charge in [-0.15, -0.1) is 0 Å². The van der Waals surface area contributed by atoms with E-state index < -0.39 is 11.7 Å². The van der Waals surface area contributed by atoms with Crippen molar-refractivity contribution >= 4 is 23.6 Å². The van der Waals surface area contributed by atoms with Crippen molar-refractivity contribution in [3.8, 4) is 0 Å². The predicted octanol–water partition coefficient (Wildman–Crippen LogP) is 0.588. The molecule has 1 aliphatic carbocycles. The number of nitrogens with one attached hydrogen (secondary N) is 1. The van der Waals surface area contributed by atoms with Crippen LogP contribution in [0.25, 0.3) is 0 Å². The molecular formula is C10H15NO4S. The fourth-order valence-corrected chi connectivity index (χ4v) is 3.70. The number of thioether (sulfide) groups is 1. The summed E-state index contributed by atoms with van der Waals surface area (Å²) in [7, 11) is 0. The van der Waals surface area contributed by atoms with Gasteiger partial charge in [-0.2, -0.15) is 11.8 Å². The van der Waals surface area contributed by atoms with E-state index in [1.807, 2.05) is 0 Å². The Kier molecular flexibility index (Phi) is 3.12. The van der Waals surface area contributed by atoms with Gasteiger partial charge in [0.05, 0.1) is 11.9 Å². The summed E-state index contributed by atoms with van der Waals surface area (Å²) in [6.45, 7) is 1.31. The van der Waals surface area contributed by atoms with Gasteiger partial charge >= 0.3 is 5.97 Å². The van der Waals surface area contributed by atoms with Crippen molar-refractivity contribution in [3.63, 3.8) is 0 Å². The van der Waals surface area contributed by atoms with Crippen LogP contribution in [0.4, 0.5) is 0 Å². The smallest absolute Gasteiger partial charge is 0.358 e. The van der Waals surface area contributed by atoms with Crippen LogP contribution in [0.5, 0.6) is 0 Å². The molecule has 3 atom stereocenters. The van der Waals surface area contributed by atoms with E-state index in [1.165, 1.54) is 6.92 Å². The predicted molar refractivity (Wildman–Crippen MR) is 59.2 cm³/mol. The first kappa shape index (κ1) is 11.7. The maximum Gasteiger partial charge on any atom is 0.358 e. The molecule has 2 fully saturated rings. The van der Waals surface area contributed by atoms with Crippen molar-refractivity contribution in [1.82, 2.24) is 5.32 Å². The lowest BCUT2D eigenvalue weighted by atomic mass is 10.2. The summed E-state index contributed by atoms with van der Waals surface area (Å²) in [6, 6.07) is 0. The van der Waals surface area contributed by atoms with Crippen LogP contribution in [0, 0.1) is 0 Å². The maximum atomic E-state index is 11.2.